The summed E-state index contributed by atoms with van der Waals surface area (Å²) < 4.78 is 0. The predicted molar refractivity (Wildman–Crippen MR) is 95.2 cm³/mol. The number of hydrogen-bond acceptors (Lipinski definition) is 3. The number of nitrogens with one attached hydrogen (secondary N) is 1. The van der Waals surface area contributed by atoms with Crippen LogP contribution in [0.15, 0.2) is 24.3 Å². The minimum absolute atomic E-state index is 0.00561. The van der Waals surface area contributed by atoms with Crippen molar-refractivity contribution in [2.24, 2.45) is 5.92 Å². The van der Waals surface area contributed by atoms with Gasteiger partial charge in [0.2, 0.25) is 11.8 Å². The maximum Gasteiger partial charge on any atom is 0.241 e. The van der Waals surface area contributed by atoms with Gasteiger partial charge in [-0.15, -0.1) is 0 Å². The molecule has 0 aromatic heterocycles. The van der Waals surface area contributed by atoms with Crippen molar-refractivity contribution in [3.05, 3.63) is 29.3 Å². The normalized spacial score (nSPS) is 18.3. The number of amides is 2. The molecule has 1 aromatic rings. The van der Waals surface area contributed by atoms with Gasteiger partial charge >= 0.3 is 0 Å². The first-order chi connectivity index (χ1) is 11.5. The number of carbonyl (C=O) groups excluding carboxylic acids is 2. The third-order valence-corrected chi connectivity index (χ3v) is 5.21. The quantitative estimate of drug-likeness (QED) is 0.887. The highest BCUT2D eigenvalue weighted by molar-refractivity contribution is 6.30. The Bertz CT molecular complexity index is 593. The summed E-state index contributed by atoms with van der Waals surface area (Å²) in [5.41, 5.74) is 1.17. The smallest absolute Gasteiger partial charge is 0.241 e. The van der Waals surface area contributed by atoms with Crippen LogP contribution in [0.1, 0.15) is 25.7 Å². The topological polar surface area (TPSA) is 52.7 Å². The van der Waals surface area contributed by atoms with E-state index in [0.29, 0.717) is 0 Å². The zero-order valence-electron chi connectivity index (χ0n) is 14.0. The zero-order valence-corrected chi connectivity index (χ0v) is 14.8. The van der Waals surface area contributed by atoms with Crippen molar-refractivity contribution in [1.29, 1.82) is 0 Å². The van der Waals surface area contributed by atoms with Crippen molar-refractivity contribution in [2.75, 3.05) is 31.6 Å². The summed E-state index contributed by atoms with van der Waals surface area (Å²) >= 11 is 5.93. The Labute approximate surface area is 147 Å². The Hall–Kier alpha value is -1.75. The molecule has 0 unspecified atom stereocenters. The van der Waals surface area contributed by atoms with E-state index in [4.69, 9.17) is 11.6 Å². The van der Waals surface area contributed by atoms with Gasteiger partial charge in [0.15, 0.2) is 0 Å². The SMILES string of the molecule is CN(C(=O)CNC(=O)C1CC1)C1CCN(c2ccc(Cl)cc2)CC1. The van der Waals surface area contributed by atoms with E-state index in [0.717, 1.165) is 43.8 Å². The van der Waals surface area contributed by atoms with Crippen LogP contribution in [0.2, 0.25) is 5.02 Å². The third kappa shape index (κ3) is 4.20. The molecule has 1 aliphatic heterocycles. The molecule has 1 saturated carbocycles. The summed E-state index contributed by atoms with van der Waals surface area (Å²) in [5.74, 6) is 0.161. The molecule has 2 fully saturated rings. The molecule has 1 N–H and O–H groups in total. The van der Waals surface area contributed by atoms with Gasteiger partial charge in [-0.05, 0) is 49.9 Å². The molecule has 5 nitrogen and oxygen atoms in total. The zero-order chi connectivity index (χ0) is 17.1. The number of halogens is 1. The van der Waals surface area contributed by atoms with Crippen LogP contribution in [0.5, 0.6) is 0 Å². The van der Waals surface area contributed by atoms with E-state index in [1.807, 2.05) is 31.3 Å². The van der Waals surface area contributed by atoms with Crippen molar-refractivity contribution >= 4 is 29.1 Å². The van der Waals surface area contributed by atoms with Gasteiger partial charge in [-0.25, -0.2) is 0 Å². The summed E-state index contributed by atoms with van der Waals surface area (Å²) in [4.78, 5) is 28.0. The highest BCUT2D eigenvalue weighted by Crippen LogP contribution is 2.28. The van der Waals surface area contributed by atoms with E-state index in [1.165, 1.54) is 5.69 Å². The van der Waals surface area contributed by atoms with Crippen LogP contribution in [0.25, 0.3) is 0 Å². The Morgan fingerprint density at radius 2 is 1.79 bits per heavy atom. The molecule has 0 radical (unpaired) electrons. The highest BCUT2D eigenvalue weighted by atomic mass is 35.5. The van der Waals surface area contributed by atoms with Crippen molar-refractivity contribution in [3.63, 3.8) is 0 Å². The van der Waals surface area contributed by atoms with Gasteiger partial charge in [0.1, 0.15) is 0 Å². The first kappa shape index (κ1) is 17.1. The minimum atomic E-state index is -0.00561. The van der Waals surface area contributed by atoms with Crippen molar-refractivity contribution in [3.8, 4) is 0 Å². The molecule has 130 valence electrons. The number of piperidine rings is 1. The van der Waals surface area contributed by atoms with Crippen molar-refractivity contribution in [2.45, 2.75) is 31.7 Å². The second kappa shape index (κ2) is 7.43. The van der Waals surface area contributed by atoms with Crippen LogP contribution in [0, 0.1) is 5.92 Å². The molecular weight excluding hydrogens is 326 g/mol. The molecule has 0 atom stereocenters. The Balaban J connectivity index is 1.45. The first-order valence-corrected chi connectivity index (χ1v) is 8.96. The number of benzene rings is 1. The standard InChI is InChI=1S/C18H24ClN3O2/c1-21(17(23)12-20-18(24)13-2-3-13)15-8-10-22(11-9-15)16-6-4-14(19)5-7-16/h4-7,13,15H,2-3,8-12H2,1H3,(H,20,24). The van der Waals surface area contributed by atoms with Gasteiger partial charge in [0, 0.05) is 42.8 Å². The molecule has 0 bridgehead atoms. The third-order valence-electron chi connectivity index (χ3n) is 4.96. The van der Waals surface area contributed by atoms with Gasteiger partial charge in [0.25, 0.3) is 0 Å². The summed E-state index contributed by atoms with van der Waals surface area (Å²) in [6.07, 6.45) is 3.78. The summed E-state index contributed by atoms with van der Waals surface area (Å²) in [7, 11) is 1.84. The van der Waals surface area contributed by atoms with Gasteiger partial charge in [-0.2, -0.15) is 0 Å². The van der Waals surface area contributed by atoms with Crippen LogP contribution >= 0.6 is 11.6 Å². The summed E-state index contributed by atoms with van der Waals surface area (Å²) in [6.45, 7) is 1.94. The van der Waals surface area contributed by atoms with Gasteiger partial charge in [0.05, 0.1) is 6.54 Å². The van der Waals surface area contributed by atoms with Gasteiger partial charge < -0.3 is 15.1 Å². The fraction of sp³-hybridized carbons (Fsp3) is 0.556. The van der Waals surface area contributed by atoms with Gasteiger partial charge in [-0.1, -0.05) is 11.6 Å². The lowest BCUT2D eigenvalue weighted by atomic mass is 10.0. The maximum absolute atomic E-state index is 12.3. The monoisotopic (exact) mass is 349 g/mol. The molecule has 24 heavy (non-hydrogen) atoms. The molecule has 3 rings (SSSR count). The molecule has 1 aromatic carbocycles. The average molecular weight is 350 g/mol. The van der Waals surface area contributed by atoms with Crippen LogP contribution in [0.4, 0.5) is 5.69 Å². The number of likely N-dealkylation sites (N-methyl/N-ethyl adjacent to an activating group) is 1. The molecule has 6 heteroatoms. The lowest BCUT2D eigenvalue weighted by molar-refractivity contribution is -0.134. The number of carbonyl (C=O) groups is 2. The molecule has 2 aliphatic rings. The van der Waals surface area contributed by atoms with Crippen LogP contribution in [-0.4, -0.2) is 49.4 Å². The highest BCUT2D eigenvalue weighted by Gasteiger charge is 2.30. The second-order valence-electron chi connectivity index (χ2n) is 6.69. The maximum atomic E-state index is 12.3. The van der Waals surface area contributed by atoms with Crippen LogP contribution in [-0.2, 0) is 9.59 Å². The van der Waals surface area contributed by atoms with E-state index >= 15 is 0 Å². The average Bonchev–Trinajstić information content (AvgIpc) is 3.45. The molecule has 1 heterocycles. The van der Waals surface area contributed by atoms with Crippen LogP contribution < -0.4 is 10.2 Å². The predicted octanol–water partition coefficient (Wildman–Crippen LogP) is 2.29. The molecule has 1 aliphatic carbocycles. The second-order valence-corrected chi connectivity index (χ2v) is 7.13. The first-order valence-electron chi connectivity index (χ1n) is 8.58. The van der Waals surface area contributed by atoms with E-state index in [9.17, 15) is 9.59 Å². The summed E-state index contributed by atoms with van der Waals surface area (Å²) in [6, 6.07) is 8.11. The van der Waals surface area contributed by atoms with Gasteiger partial charge in [-0.3, -0.25) is 9.59 Å². The number of hydrogen-bond donors (Lipinski definition) is 1. The largest absolute Gasteiger partial charge is 0.371 e. The number of rotatable bonds is 5. The van der Waals surface area contributed by atoms with E-state index in [2.05, 4.69) is 10.2 Å². The number of nitrogens with zero attached hydrogens (tertiary/aromatic N) is 2. The van der Waals surface area contributed by atoms with E-state index in [1.54, 1.807) is 4.90 Å². The minimum Gasteiger partial charge on any atom is -0.371 e. The summed E-state index contributed by atoms with van der Waals surface area (Å²) in [5, 5.41) is 3.49. The Morgan fingerprint density at radius 1 is 1.17 bits per heavy atom. The fourth-order valence-corrected chi connectivity index (χ4v) is 3.27. The van der Waals surface area contributed by atoms with Crippen molar-refractivity contribution < 1.29 is 9.59 Å². The molecule has 2 amide bonds. The molecule has 0 spiro atoms. The fourth-order valence-electron chi connectivity index (χ4n) is 3.14. The Morgan fingerprint density at radius 3 is 2.38 bits per heavy atom. The number of anilines is 1. The van der Waals surface area contributed by atoms with E-state index in [-0.39, 0.29) is 30.3 Å². The Kier molecular flexibility index (Phi) is 5.29. The lowest BCUT2D eigenvalue weighted by Crippen LogP contribution is -2.48. The van der Waals surface area contributed by atoms with Crippen molar-refractivity contribution in [1.82, 2.24) is 10.2 Å². The lowest BCUT2D eigenvalue weighted by Gasteiger charge is -2.38. The molecular formula is C18H24ClN3O2. The molecule has 1 saturated heterocycles. The van der Waals surface area contributed by atoms with E-state index < -0.39 is 0 Å². The van der Waals surface area contributed by atoms with Crippen LogP contribution in [0.3, 0.4) is 0 Å².